The fraction of sp³-hybridized carbons (Fsp3) is 0.250. The van der Waals surface area contributed by atoms with E-state index in [0.717, 1.165) is 17.2 Å². The van der Waals surface area contributed by atoms with Crippen LogP contribution in [0.3, 0.4) is 0 Å². The van der Waals surface area contributed by atoms with Crippen LogP contribution >= 0.6 is 0 Å². The van der Waals surface area contributed by atoms with Gasteiger partial charge in [0.05, 0.1) is 0 Å². The number of hydrogen-bond acceptors (Lipinski definition) is 1. The van der Waals surface area contributed by atoms with Crippen molar-refractivity contribution >= 4 is 10.8 Å². The molecule has 1 N–H and O–H groups in total. The molecule has 0 atom stereocenters. The number of aromatic nitrogens is 1. The molecule has 1 heterocycles. The number of benzene rings is 1. The molecule has 0 bridgehead atoms. The van der Waals surface area contributed by atoms with Crippen LogP contribution in [-0.2, 0) is 6.42 Å². The van der Waals surface area contributed by atoms with Crippen LogP contribution in [-0.4, -0.2) is 4.98 Å². The van der Waals surface area contributed by atoms with Crippen LogP contribution in [0.2, 0.25) is 0 Å². The first kappa shape index (κ1) is 9.00. The molecule has 0 radical (unpaired) electrons. The second kappa shape index (κ2) is 3.29. The van der Waals surface area contributed by atoms with E-state index in [2.05, 4.69) is 18.0 Å². The van der Waals surface area contributed by atoms with Gasteiger partial charge in [-0.3, -0.25) is 4.79 Å². The normalized spacial score (nSPS) is 10.7. The lowest BCUT2D eigenvalue weighted by molar-refractivity contribution is 1.11. The van der Waals surface area contributed by atoms with Gasteiger partial charge < -0.3 is 4.98 Å². The van der Waals surface area contributed by atoms with Crippen molar-refractivity contribution in [2.24, 2.45) is 0 Å². The zero-order valence-corrected chi connectivity index (χ0v) is 8.42. The molecule has 72 valence electrons. The minimum absolute atomic E-state index is 0.00259. The van der Waals surface area contributed by atoms with Crippen LogP contribution in [0.15, 0.2) is 29.2 Å². The number of rotatable bonds is 1. The Kier molecular flexibility index (Phi) is 2.12. The van der Waals surface area contributed by atoms with Gasteiger partial charge in [0.1, 0.15) is 0 Å². The average Bonchev–Trinajstić information content (AvgIpc) is 2.18. The molecule has 0 spiro atoms. The van der Waals surface area contributed by atoms with E-state index >= 15 is 0 Å². The van der Waals surface area contributed by atoms with E-state index in [0.29, 0.717) is 0 Å². The zero-order valence-electron chi connectivity index (χ0n) is 8.42. The first-order valence-corrected chi connectivity index (χ1v) is 4.83. The quantitative estimate of drug-likeness (QED) is 0.730. The topological polar surface area (TPSA) is 32.9 Å². The number of nitrogens with one attached hydrogen (secondary N) is 1. The van der Waals surface area contributed by atoms with E-state index in [4.69, 9.17) is 0 Å². The minimum atomic E-state index is -0.00259. The minimum Gasteiger partial charge on any atom is -0.328 e. The van der Waals surface area contributed by atoms with E-state index in [1.807, 2.05) is 25.3 Å². The average molecular weight is 187 g/mol. The Balaban J connectivity index is 2.92. The molecule has 0 aliphatic carbocycles. The molecule has 0 unspecified atom stereocenters. The Morgan fingerprint density at radius 2 is 2.07 bits per heavy atom. The number of aryl methyl sites for hydroxylation is 2. The molecule has 0 saturated carbocycles. The smallest absolute Gasteiger partial charge is 0.255 e. The van der Waals surface area contributed by atoms with Gasteiger partial charge in [-0.05, 0) is 30.4 Å². The first-order chi connectivity index (χ1) is 6.72. The second-order valence-corrected chi connectivity index (χ2v) is 3.55. The SMILES string of the molecule is CCc1c[nH]c(=O)c2ccc(C)cc12. The summed E-state index contributed by atoms with van der Waals surface area (Å²) in [6.45, 7) is 4.13. The lowest BCUT2D eigenvalue weighted by Gasteiger charge is -2.03. The summed E-state index contributed by atoms with van der Waals surface area (Å²) in [6, 6.07) is 5.93. The molecule has 0 amide bonds. The van der Waals surface area contributed by atoms with Crippen molar-refractivity contribution in [3.05, 3.63) is 45.9 Å². The number of fused-ring (bicyclic) bond motifs is 1. The van der Waals surface area contributed by atoms with Crippen molar-refractivity contribution in [2.45, 2.75) is 20.3 Å². The summed E-state index contributed by atoms with van der Waals surface area (Å²) in [5.74, 6) is 0. The van der Waals surface area contributed by atoms with E-state index in [9.17, 15) is 4.79 Å². The van der Waals surface area contributed by atoms with Crippen molar-refractivity contribution < 1.29 is 0 Å². The lowest BCUT2D eigenvalue weighted by Crippen LogP contribution is -2.06. The third-order valence-corrected chi connectivity index (χ3v) is 2.52. The van der Waals surface area contributed by atoms with E-state index in [1.165, 1.54) is 11.1 Å². The van der Waals surface area contributed by atoms with Crippen molar-refractivity contribution in [2.75, 3.05) is 0 Å². The van der Waals surface area contributed by atoms with Gasteiger partial charge in [-0.1, -0.05) is 24.6 Å². The molecule has 14 heavy (non-hydrogen) atoms. The summed E-state index contributed by atoms with van der Waals surface area (Å²) in [5, 5.41) is 1.87. The highest BCUT2D eigenvalue weighted by Gasteiger charge is 2.02. The van der Waals surface area contributed by atoms with Crippen molar-refractivity contribution in [1.82, 2.24) is 4.98 Å². The Labute approximate surface area is 82.6 Å². The van der Waals surface area contributed by atoms with Crippen LogP contribution in [0.4, 0.5) is 0 Å². The highest BCUT2D eigenvalue weighted by molar-refractivity contribution is 5.85. The zero-order chi connectivity index (χ0) is 10.1. The summed E-state index contributed by atoms with van der Waals surface area (Å²) in [7, 11) is 0. The molecule has 0 fully saturated rings. The molecular formula is C12H13NO. The summed E-state index contributed by atoms with van der Waals surface area (Å²) >= 11 is 0. The Hall–Kier alpha value is -1.57. The maximum absolute atomic E-state index is 11.5. The van der Waals surface area contributed by atoms with Gasteiger partial charge in [-0.25, -0.2) is 0 Å². The maximum atomic E-state index is 11.5. The van der Waals surface area contributed by atoms with Gasteiger partial charge in [-0.15, -0.1) is 0 Å². The standard InChI is InChI=1S/C12H13NO/c1-3-9-7-13-12(14)10-5-4-8(2)6-11(9)10/h4-7H,3H2,1-2H3,(H,13,14). The number of pyridine rings is 1. The fourth-order valence-corrected chi connectivity index (χ4v) is 1.72. The molecule has 2 aromatic rings. The van der Waals surface area contributed by atoms with Gasteiger partial charge in [0.25, 0.3) is 5.56 Å². The molecule has 2 heteroatoms. The molecule has 0 aliphatic heterocycles. The van der Waals surface area contributed by atoms with Gasteiger partial charge in [0, 0.05) is 11.6 Å². The number of aromatic amines is 1. The van der Waals surface area contributed by atoms with Gasteiger partial charge in [0.2, 0.25) is 0 Å². The number of hydrogen-bond donors (Lipinski definition) is 1. The molecule has 1 aromatic heterocycles. The summed E-state index contributed by atoms with van der Waals surface area (Å²) in [5.41, 5.74) is 2.39. The first-order valence-electron chi connectivity index (χ1n) is 4.83. The Morgan fingerprint density at radius 1 is 1.29 bits per heavy atom. The third-order valence-electron chi connectivity index (χ3n) is 2.52. The number of H-pyrrole nitrogens is 1. The van der Waals surface area contributed by atoms with Gasteiger partial charge in [0.15, 0.2) is 0 Å². The molecule has 1 aromatic carbocycles. The molecule has 0 saturated heterocycles. The summed E-state index contributed by atoms with van der Waals surface area (Å²) in [4.78, 5) is 14.3. The maximum Gasteiger partial charge on any atom is 0.255 e. The summed E-state index contributed by atoms with van der Waals surface area (Å²) < 4.78 is 0. The van der Waals surface area contributed by atoms with Gasteiger partial charge in [-0.2, -0.15) is 0 Å². The predicted octanol–water partition coefficient (Wildman–Crippen LogP) is 2.40. The van der Waals surface area contributed by atoms with Gasteiger partial charge >= 0.3 is 0 Å². The monoisotopic (exact) mass is 187 g/mol. The van der Waals surface area contributed by atoms with Crippen molar-refractivity contribution in [3.63, 3.8) is 0 Å². The van der Waals surface area contributed by atoms with Crippen LogP contribution in [0, 0.1) is 6.92 Å². The predicted molar refractivity (Wildman–Crippen MR) is 58.7 cm³/mol. The molecular weight excluding hydrogens is 174 g/mol. The van der Waals surface area contributed by atoms with Crippen LogP contribution in [0.1, 0.15) is 18.1 Å². The Morgan fingerprint density at radius 3 is 2.79 bits per heavy atom. The summed E-state index contributed by atoms with van der Waals surface area (Å²) in [6.07, 6.45) is 2.75. The molecule has 2 nitrogen and oxygen atoms in total. The third kappa shape index (κ3) is 1.33. The second-order valence-electron chi connectivity index (χ2n) is 3.55. The highest BCUT2D eigenvalue weighted by atomic mass is 16.1. The van der Waals surface area contributed by atoms with Crippen molar-refractivity contribution in [3.8, 4) is 0 Å². The lowest BCUT2D eigenvalue weighted by atomic mass is 10.0. The van der Waals surface area contributed by atoms with Crippen LogP contribution < -0.4 is 5.56 Å². The van der Waals surface area contributed by atoms with Crippen LogP contribution in [0.25, 0.3) is 10.8 Å². The molecule has 0 aliphatic rings. The van der Waals surface area contributed by atoms with E-state index in [1.54, 1.807) is 0 Å². The fourth-order valence-electron chi connectivity index (χ4n) is 1.72. The molecule has 2 rings (SSSR count). The highest BCUT2D eigenvalue weighted by Crippen LogP contribution is 2.16. The van der Waals surface area contributed by atoms with Crippen molar-refractivity contribution in [1.29, 1.82) is 0 Å². The van der Waals surface area contributed by atoms with Crippen LogP contribution in [0.5, 0.6) is 0 Å². The van der Waals surface area contributed by atoms with E-state index in [-0.39, 0.29) is 5.56 Å². The van der Waals surface area contributed by atoms with E-state index < -0.39 is 0 Å². The Bertz CT molecular complexity index is 525. The largest absolute Gasteiger partial charge is 0.328 e.